The summed E-state index contributed by atoms with van der Waals surface area (Å²) in [5.41, 5.74) is 0. The molecule has 0 N–H and O–H groups in total. The molecule has 0 aliphatic carbocycles. The van der Waals surface area contributed by atoms with Gasteiger partial charge in [-0.3, -0.25) is 0 Å². The van der Waals surface area contributed by atoms with Crippen molar-refractivity contribution in [3.8, 4) is 0 Å². The summed E-state index contributed by atoms with van der Waals surface area (Å²) in [5, 5.41) is 0. The third-order valence-electron chi connectivity index (χ3n) is 1.67. The highest BCUT2D eigenvalue weighted by molar-refractivity contribution is 6.64. The molecule has 0 aliphatic heterocycles. The van der Waals surface area contributed by atoms with Crippen LogP contribution in [0.1, 0.15) is 12.8 Å². The Kier molecular flexibility index (Phi) is 5.95. The summed E-state index contributed by atoms with van der Waals surface area (Å²) in [6, 6.07) is 0. The minimum atomic E-state index is -4.34. The monoisotopic (exact) mass is 284 g/mol. The third kappa shape index (κ3) is 12.0. The molecule has 0 unspecified atom stereocenters. The van der Waals surface area contributed by atoms with Crippen molar-refractivity contribution in [3.05, 3.63) is 0 Å². The van der Waals surface area contributed by atoms with Crippen molar-refractivity contribution in [3.63, 3.8) is 0 Å². The fourth-order valence-corrected chi connectivity index (χ4v) is 2.14. The Morgan fingerprint density at radius 2 is 1.06 bits per heavy atom. The zero-order valence-electron chi connectivity index (χ0n) is 9.41. The standard InChI is InChI=1S/C8H14F6O2Si/c1-17(2,15-5-3-7(9,10)11)16-6-4-8(12,13)14/h3-6H2,1-2H3. The van der Waals surface area contributed by atoms with Crippen molar-refractivity contribution in [2.24, 2.45) is 0 Å². The van der Waals surface area contributed by atoms with Gasteiger partial charge in [0.15, 0.2) is 0 Å². The van der Waals surface area contributed by atoms with Gasteiger partial charge >= 0.3 is 20.9 Å². The van der Waals surface area contributed by atoms with Crippen molar-refractivity contribution < 1.29 is 35.2 Å². The van der Waals surface area contributed by atoms with Gasteiger partial charge in [0.25, 0.3) is 0 Å². The van der Waals surface area contributed by atoms with Crippen LogP contribution in [0.25, 0.3) is 0 Å². The van der Waals surface area contributed by atoms with E-state index in [2.05, 4.69) is 0 Å². The second-order valence-electron chi connectivity index (χ2n) is 3.83. The Balaban J connectivity index is 3.81. The van der Waals surface area contributed by atoms with Gasteiger partial charge in [0.1, 0.15) is 0 Å². The van der Waals surface area contributed by atoms with E-state index in [-0.39, 0.29) is 0 Å². The fraction of sp³-hybridized carbons (Fsp3) is 1.00. The lowest BCUT2D eigenvalue weighted by Crippen LogP contribution is -2.37. The molecule has 0 amide bonds. The first-order chi connectivity index (χ1) is 7.41. The Morgan fingerprint density at radius 1 is 0.765 bits per heavy atom. The lowest BCUT2D eigenvalue weighted by molar-refractivity contribution is -0.143. The van der Waals surface area contributed by atoms with Gasteiger partial charge in [-0.2, -0.15) is 26.3 Å². The first kappa shape index (κ1) is 16.7. The van der Waals surface area contributed by atoms with Crippen molar-refractivity contribution in [2.45, 2.75) is 38.3 Å². The molecule has 104 valence electrons. The molecule has 0 aromatic rings. The topological polar surface area (TPSA) is 18.5 Å². The summed E-state index contributed by atoms with van der Waals surface area (Å²) in [5.74, 6) is 0. The van der Waals surface area contributed by atoms with Crippen molar-refractivity contribution in [1.29, 1.82) is 0 Å². The van der Waals surface area contributed by atoms with E-state index in [1.54, 1.807) is 0 Å². The van der Waals surface area contributed by atoms with Gasteiger partial charge in [0, 0.05) is 13.2 Å². The minimum Gasteiger partial charge on any atom is -0.394 e. The summed E-state index contributed by atoms with van der Waals surface area (Å²) < 4.78 is 80.4. The Morgan fingerprint density at radius 3 is 1.29 bits per heavy atom. The maximum atomic E-state index is 11.8. The summed E-state index contributed by atoms with van der Waals surface area (Å²) in [6.07, 6.45) is -10.9. The van der Waals surface area contributed by atoms with Crippen LogP contribution in [0.5, 0.6) is 0 Å². The van der Waals surface area contributed by atoms with Crippen LogP contribution in [0.15, 0.2) is 0 Å². The Labute approximate surface area is 96.1 Å². The molecule has 0 aliphatic rings. The molecule has 0 atom stereocenters. The summed E-state index contributed by atoms with van der Waals surface area (Å²) >= 11 is 0. The zero-order valence-corrected chi connectivity index (χ0v) is 10.4. The number of hydrogen-bond donors (Lipinski definition) is 0. The quantitative estimate of drug-likeness (QED) is 0.548. The second-order valence-corrected chi connectivity index (χ2v) is 7.20. The van der Waals surface area contributed by atoms with Crippen LogP contribution in [-0.2, 0) is 8.85 Å². The van der Waals surface area contributed by atoms with E-state index in [0.29, 0.717) is 0 Å². The highest BCUT2D eigenvalue weighted by atomic mass is 28.4. The number of hydrogen-bond acceptors (Lipinski definition) is 2. The molecule has 17 heavy (non-hydrogen) atoms. The molecular weight excluding hydrogens is 270 g/mol. The molecule has 0 bridgehead atoms. The lowest BCUT2D eigenvalue weighted by atomic mass is 10.5. The van der Waals surface area contributed by atoms with E-state index in [0.717, 1.165) is 0 Å². The number of halogens is 6. The van der Waals surface area contributed by atoms with Crippen molar-refractivity contribution >= 4 is 8.56 Å². The maximum Gasteiger partial charge on any atom is 0.391 e. The van der Waals surface area contributed by atoms with Gasteiger partial charge in [-0.25, -0.2) is 0 Å². The lowest BCUT2D eigenvalue weighted by Gasteiger charge is -2.23. The van der Waals surface area contributed by atoms with Crippen LogP contribution in [0.2, 0.25) is 13.1 Å². The van der Waals surface area contributed by atoms with Crippen LogP contribution in [0.3, 0.4) is 0 Å². The molecule has 0 aromatic heterocycles. The van der Waals surface area contributed by atoms with Crippen LogP contribution in [-0.4, -0.2) is 34.1 Å². The zero-order chi connectivity index (χ0) is 13.7. The minimum absolute atomic E-state index is 0.589. The highest BCUT2D eigenvalue weighted by Crippen LogP contribution is 2.22. The summed E-state index contributed by atoms with van der Waals surface area (Å²) in [4.78, 5) is 0. The molecule has 9 heteroatoms. The largest absolute Gasteiger partial charge is 0.394 e. The molecule has 0 radical (unpaired) electrons. The van der Waals surface area contributed by atoms with Gasteiger partial charge in [0.05, 0.1) is 12.8 Å². The first-order valence-electron chi connectivity index (χ1n) is 4.83. The molecular formula is C8H14F6O2Si. The van der Waals surface area contributed by atoms with Gasteiger partial charge in [-0.15, -0.1) is 0 Å². The molecule has 0 fully saturated rings. The third-order valence-corrected chi connectivity index (χ3v) is 3.47. The van der Waals surface area contributed by atoms with E-state index < -0.39 is 47.0 Å². The predicted octanol–water partition coefficient (Wildman–Crippen LogP) is 3.63. The van der Waals surface area contributed by atoms with Gasteiger partial charge in [-0.1, -0.05) is 0 Å². The number of alkyl halides is 6. The highest BCUT2D eigenvalue weighted by Gasteiger charge is 2.32. The molecule has 0 saturated heterocycles. The smallest absolute Gasteiger partial charge is 0.391 e. The van der Waals surface area contributed by atoms with Crippen LogP contribution in [0, 0.1) is 0 Å². The van der Waals surface area contributed by atoms with Gasteiger partial charge < -0.3 is 8.85 Å². The summed E-state index contributed by atoms with van der Waals surface area (Å²) in [6.45, 7) is 1.63. The number of rotatable bonds is 6. The van der Waals surface area contributed by atoms with Crippen LogP contribution in [0.4, 0.5) is 26.3 Å². The fourth-order valence-electron chi connectivity index (χ4n) is 0.867. The van der Waals surface area contributed by atoms with E-state index in [4.69, 9.17) is 8.85 Å². The first-order valence-corrected chi connectivity index (χ1v) is 7.64. The van der Waals surface area contributed by atoms with E-state index >= 15 is 0 Å². The second kappa shape index (κ2) is 6.05. The molecule has 0 saturated carbocycles. The predicted molar refractivity (Wildman–Crippen MR) is 50.7 cm³/mol. The van der Waals surface area contributed by atoms with Crippen LogP contribution >= 0.6 is 0 Å². The maximum absolute atomic E-state index is 11.8. The average molecular weight is 284 g/mol. The van der Waals surface area contributed by atoms with Gasteiger partial charge in [0.2, 0.25) is 0 Å². The molecule has 0 spiro atoms. The van der Waals surface area contributed by atoms with E-state index in [9.17, 15) is 26.3 Å². The molecule has 0 rings (SSSR count). The van der Waals surface area contributed by atoms with Gasteiger partial charge in [-0.05, 0) is 13.1 Å². The Hall–Kier alpha value is -0.283. The molecule has 0 aromatic carbocycles. The SMILES string of the molecule is C[Si](C)(OCCC(F)(F)F)OCCC(F)(F)F. The molecule has 2 nitrogen and oxygen atoms in total. The van der Waals surface area contributed by atoms with Crippen LogP contribution < -0.4 is 0 Å². The normalized spacial score (nSPS) is 14.1. The van der Waals surface area contributed by atoms with Crippen molar-refractivity contribution in [2.75, 3.05) is 13.2 Å². The Bertz CT molecular complexity index is 203. The van der Waals surface area contributed by atoms with Crippen molar-refractivity contribution in [1.82, 2.24) is 0 Å². The van der Waals surface area contributed by atoms with E-state index in [1.807, 2.05) is 0 Å². The average Bonchev–Trinajstić information content (AvgIpc) is 1.96. The summed E-state index contributed by atoms with van der Waals surface area (Å²) in [7, 11) is -2.90. The molecule has 0 heterocycles. The van der Waals surface area contributed by atoms with E-state index in [1.165, 1.54) is 13.1 Å².